The lowest BCUT2D eigenvalue weighted by Gasteiger charge is -2.16. The first-order chi connectivity index (χ1) is 11.6. The molecule has 0 aliphatic carbocycles. The first-order valence-electron chi connectivity index (χ1n) is 9.04. The van der Waals surface area contributed by atoms with Gasteiger partial charge in [0, 0.05) is 30.9 Å². The second-order valence-electron chi connectivity index (χ2n) is 7.03. The number of hydrogen-bond donors (Lipinski definition) is 1. The smallest absolute Gasteiger partial charge is 0.0681 e. The Morgan fingerprint density at radius 3 is 2.50 bits per heavy atom. The minimum Gasteiger partial charge on any atom is -0.392 e. The van der Waals surface area contributed by atoms with Crippen LogP contribution >= 0.6 is 0 Å². The first-order valence-corrected chi connectivity index (χ1v) is 9.04. The van der Waals surface area contributed by atoms with Crippen molar-refractivity contribution in [3.63, 3.8) is 0 Å². The third-order valence-corrected chi connectivity index (χ3v) is 5.31. The van der Waals surface area contributed by atoms with Gasteiger partial charge in [-0.25, -0.2) is 0 Å². The van der Waals surface area contributed by atoms with Crippen LogP contribution in [0.15, 0.2) is 24.3 Å². The van der Waals surface area contributed by atoms with Crippen molar-refractivity contribution in [2.75, 3.05) is 13.1 Å². The van der Waals surface area contributed by atoms with E-state index in [4.69, 9.17) is 5.11 Å². The summed E-state index contributed by atoms with van der Waals surface area (Å²) in [5, 5.41) is 13.8. The van der Waals surface area contributed by atoms with Gasteiger partial charge in [0.25, 0.3) is 0 Å². The highest BCUT2D eigenvalue weighted by Crippen LogP contribution is 2.24. The summed E-state index contributed by atoms with van der Waals surface area (Å²) in [4.78, 5) is 2.57. The van der Waals surface area contributed by atoms with Crippen LogP contribution in [0.1, 0.15) is 41.4 Å². The lowest BCUT2D eigenvalue weighted by Crippen LogP contribution is -2.21. The van der Waals surface area contributed by atoms with E-state index < -0.39 is 0 Å². The Bertz CT molecular complexity index is 675. The molecule has 3 rings (SSSR count). The van der Waals surface area contributed by atoms with Crippen molar-refractivity contribution in [3.8, 4) is 0 Å². The molecule has 1 aliphatic rings. The molecule has 0 radical (unpaired) electrons. The van der Waals surface area contributed by atoms with Crippen molar-refractivity contribution in [3.05, 3.63) is 52.3 Å². The van der Waals surface area contributed by atoms with Crippen molar-refractivity contribution in [2.45, 2.75) is 53.3 Å². The van der Waals surface area contributed by atoms with E-state index in [1.807, 2.05) is 12.1 Å². The minimum absolute atomic E-state index is 0.127. The molecule has 0 unspecified atom stereocenters. The number of benzene rings is 1. The average molecular weight is 327 g/mol. The lowest BCUT2D eigenvalue weighted by atomic mass is 9.98. The zero-order valence-electron chi connectivity index (χ0n) is 15.1. The van der Waals surface area contributed by atoms with E-state index in [1.165, 1.54) is 35.5 Å². The van der Waals surface area contributed by atoms with Gasteiger partial charge in [0.1, 0.15) is 0 Å². The van der Waals surface area contributed by atoms with E-state index in [1.54, 1.807) is 0 Å². The Hall–Kier alpha value is -1.65. The largest absolute Gasteiger partial charge is 0.392 e. The molecule has 1 N–H and O–H groups in total. The van der Waals surface area contributed by atoms with Crippen LogP contribution < -0.4 is 0 Å². The molecule has 2 heterocycles. The molecule has 0 amide bonds. The normalized spacial score (nSPS) is 18.4. The first kappa shape index (κ1) is 17.2. The second-order valence-corrected chi connectivity index (χ2v) is 7.03. The molecule has 1 aromatic heterocycles. The second kappa shape index (κ2) is 7.49. The molecule has 0 spiro atoms. The van der Waals surface area contributed by atoms with Crippen molar-refractivity contribution < 1.29 is 5.11 Å². The maximum Gasteiger partial charge on any atom is 0.0681 e. The molecule has 4 nitrogen and oxygen atoms in total. The van der Waals surface area contributed by atoms with Crippen LogP contribution in [-0.2, 0) is 26.1 Å². The van der Waals surface area contributed by atoms with E-state index in [-0.39, 0.29) is 6.61 Å². The van der Waals surface area contributed by atoms with Crippen LogP contribution in [0, 0.1) is 19.8 Å². The number of rotatable bonds is 6. The van der Waals surface area contributed by atoms with E-state index in [0.29, 0.717) is 0 Å². The van der Waals surface area contributed by atoms with Crippen LogP contribution in [0.3, 0.4) is 0 Å². The van der Waals surface area contributed by atoms with E-state index in [0.717, 1.165) is 37.5 Å². The third kappa shape index (κ3) is 3.70. The number of aromatic nitrogens is 2. The van der Waals surface area contributed by atoms with Crippen LogP contribution in [0.5, 0.6) is 0 Å². The lowest BCUT2D eigenvalue weighted by molar-refractivity contribution is 0.282. The summed E-state index contributed by atoms with van der Waals surface area (Å²) in [6.07, 6.45) is 2.40. The molecule has 1 fully saturated rings. The molecule has 0 saturated carbocycles. The van der Waals surface area contributed by atoms with Crippen molar-refractivity contribution in [2.24, 2.45) is 5.92 Å². The topological polar surface area (TPSA) is 41.3 Å². The Morgan fingerprint density at radius 1 is 1.17 bits per heavy atom. The fourth-order valence-electron chi connectivity index (χ4n) is 3.83. The standard InChI is InChI=1S/C20H29N3O/c1-4-23-16(3)20(15(2)21-23)13-22-10-9-19(12-22)11-17-5-7-18(14-24)8-6-17/h5-8,19,24H,4,9-14H2,1-3H3/t19-/m0/s1. The van der Waals surface area contributed by atoms with Gasteiger partial charge in [-0.05, 0) is 57.2 Å². The third-order valence-electron chi connectivity index (χ3n) is 5.31. The van der Waals surface area contributed by atoms with Crippen molar-refractivity contribution >= 4 is 0 Å². The molecule has 1 saturated heterocycles. The summed E-state index contributed by atoms with van der Waals surface area (Å²) >= 11 is 0. The van der Waals surface area contributed by atoms with Crippen LogP contribution in [0.4, 0.5) is 0 Å². The number of hydrogen-bond acceptors (Lipinski definition) is 3. The Kier molecular flexibility index (Phi) is 5.36. The SMILES string of the molecule is CCn1nc(C)c(CN2CC[C@@H](Cc3ccc(CO)cc3)C2)c1C. The van der Waals surface area contributed by atoms with Gasteiger partial charge in [-0.1, -0.05) is 24.3 Å². The molecular formula is C20H29N3O. The van der Waals surface area contributed by atoms with Gasteiger partial charge in [0.2, 0.25) is 0 Å². The molecular weight excluding hydrogens is 298 g/mol. The number of likely N-dealkylation sites (tertiary alicyclic amines) is 1. The summed E-state index contributed by atoms with van der Waals surface area (Å²) in [7, 11) is 0. The molecule has 24 heavy (non-hydrogen) atoms. The van der Waals surface area contributed by atoms with E-state index in [9.17, 15) is 0 Å². The molecule has 1 atom stereocenters. The zero-order valence-corrected chi connectivity index (χ0v) is 15.1. The predicted molar refractivity (Wildman–Crippen MR) is 96.8 cm³/mol. The number of nitrogens with zero attached hydrogens (tertiary/aromatic N) is 3. The highest BCUT2D eigenvalue weighted by Gasteiger charge is 2.24. The molecule has 130 valence electrons. The van der Waals surface area contributed by atoms with Gasteiger partial charge in [0.05, 0.1) is 12.3 Å². The van der Waals surface area contributed by atoms with Crippen molar-refractivity contribution in [1.29, 1.82) is 0 Å². The van der Waals surface area contributed by atoms with E-state index in [2.05, 4.69) is 47.6 Å². The summed E-state index contributed by atoms with van der Waals surface area (Å²) in [6.45, 7) is 10.9. The van der Waals surface area contributed by atoms with Gasteiger partial charge in [0.15, 0.2) is 0 Å². The number of aliphatic hydroxyl groups excluding tert-OH is 1. The van der Waals surface area contributed by atoms with Crippen LogP contribution in [0.25, 0.3) is 0 Å². The summed E-state index contributed by atoms with van der Waals surface area (Å²) in [6, 6.07) is 8.39. The number of aryl methyl sites for hydroxylation is 2. The van der Waals surface area contributed by atoms with Crippen LogP contribution in [-0.4, -0.2) is 32.9 Å². The quantitative estimate of drug-likeness (QED) is 0.886. The van der Waals surface area contributed by atoms with Gasteiger partial charge >= 0.3 is 0 Å². The fourth-order valence-corrected chi connectivity index (χ4v) is 3.83. The highest BCUT2D eigenvalue weighted by molar-refractivity contribution is 5.25. The summed E-state index contributed by atoms with van der Waals surface area (Å²) in [5.41, 5.74) is 6.27. The maximum absolute atomic E-state index is 9.14. The van der Waals surface area contributed by atoms with Crippen molar-refractivity contribution in [1.82, 2.24) is 14.7 Å². The van der Waals surface area contributed by atoms with E-state index >= 15 is 0 Å². The minimum atomic E-state index is 0.127. The molecule has 2 aromatic rings. The fraction of sp³-hybridized carbons (Fsp3) is 0.550. The van der Waals surface area contributed by atoms with Gasteiger partial charge < -0.3 is 5.11 Å². The van der Waals surface area contributed by atoms with Gasteiger partial charge in [-0.2, -0.15) is 5.10 Å². The predicted octanol–water partition coefficient (Wildman–Crippen LogP) is 3.08. The Balaban J connectivity index is 1.58. The monoisotopic (exact) mass is 327 g/mol. The summed E-state index contributed by atoms with van der Waals surface area (Å²) < 4.78 is 2.11. The Labute approximate surface area is 145 Å². The summed E-state index contributed by atoms with van der Waals surface area (Å²) in [5.74, 6) is 0.729. The van der Waals surface area contributed by atoms with Gasteiger partial charge in [-0.15, -0.1) is 0 Å². The number of aliphatic hydroxyl groups is 1. The molecule has 1 aliphatic heterocycles. The maximum atomic E-state index is 9.14. The average Bonchev–Trinajstić information content (AvgIpc) is 3.14. The van der Waals surface area contributed by atoms with Crippen LogP contribution in [0.2, 0.25) is 0 Å². The van der Waals surface area contributed by atoms with Gasteiger partial charge in [-0.3, -0.25) is 9.58 Å². The Morgan fingerprint density at radius 2 is 1.88 bits per heavy atom. The zero-order chi connectivity index (χ0) is 17.1. The highest BCUT2D eigenvalue weighted by atomic mass is 16.3. The molecule has 1 aromatic carbocycles. The molecule has 4 heteroatoms. The molecule has 0 bridgehead atoms.